The minimum Gasteiger partial charge on any atom is -0.441 e. The standard InChI is InChI=1S/C23H29N5O3/c29-22-28(21-3-1-2-10-24-21)17-23(31-22)8-6-18(7-9-23)15-25-20-5-4-19(16-26-20)27-11-13-30-14-12-27/h1-5,10,16,18H,6-9,11-15,17H2,(H,25,26). The molecule has 0 radical (unpaired) electrons. The van der Waals surface area contributed by atoms with E-state index in [1.165, 1.54) is 0 Å². The van der Waals surface area contributed by atoms with Gasteiger partial charge in [0.15, 0.2) is 0 Å². The van der Waals surface area contributed by atoms with Gasteiger partial charge in [0.1, 0.15) is 17.2 Å². The van der Waals surface area contributed by atoms with Crippen LogP contribution in [-0.4, -0.2) is 61.1 Å². The average Bonchev–Trinajstić information content (AvgIpc) is 3.16. The molecule has 0 atom stereocenters. The van der Waals surface area contributed by atoms with Crippen molar-refractivity contribution in [3.05, 3.63) is 42.7 Å². The van der Waals surface area contributed by atoms with Crippen molar-refractivity contribution in [1.82, 2.24) is 9.97 Å². The Morgan fingerprint density at radius 2 is 1.94 bits per heavy atom. The van der Waals surface area contributed by atoms with Gasteiger partial charge in [-0.15, -0.1) is 0 Å². The number of amides is 1. The lowest BCUT2D eigenvalue weighted by molar-refractivity contribution is 0.0148. The predicted molar refractivity (Wildman–Crippen MR) is 119 cm³/mol. The summed E-state index contributed by atoms with van der Waals surface area (Å²) < 4.78 is 11.3. The van der Waals surface area contributed by atoms with Crippen LogP contribution >= 0.6 is 0 Å². The highest BCUT2D eigenvalue weighted by molar-refractivity contribution is 5.89. The number of hydrogen-bond acceptors (Lipinski definition) is 7. The molecule has 164 valence electrons. The van der Waals surface area contributed by atoms with Crippen molar-refractivity contribution in [3.63, 3.8) is 0 Å². The molecule has 1 aliphatic carbocycles. The van der Waals surface area contributed by atoms with Gasteiger partial charge in [-0.25, -0.2) is 14.8 Å². The average molecular weight is 424 g/mol. The van der Waals surface area contributed by atoms with E-state index >= 15 is 0 Å². The summed E-state index contributed by atoms with van der Waals surface area (Å²) in [5.41, 5.74) is 0.775. The summed E-state index contributed by atoms with van der Waals surface area (Å²) in [6.07, 6.45) is 7.20. The van der Waals surface area contributed by atoms with Gasteiger partial charge < -0.3 is 19.7 Å². The molecule has 2 saturated heterocycles. The number of rotatable bonds is 5. The molecule has 31 heavy (non-hydrogen) atoms. The van der Waals surface area contributed by atoms with Gasteiger partial charge in [0, 0.05) is 25.8 Å². The highest BCUT2D eigenvalue weighted by Crippen LogP contribution is 2.40. The molecule has 4 heterocycles. The van der Waals surface area contributed by atoms with Gasteiger partial charge in [0.25, 0.3) is 0 Å². The lowest BCUT2D eigenvalue weighted by Gasteiger charge is -2.35. The van der Waals surface area contributed by atoms with Crippen molar-refractivity contribution < 1.29 is 14.3 Å². The van der Waals surface area contributed by atoms with Crippen LogP contribution in [0.3, 0.4) is 0 Å². The summed E-state index contributed by atoms with van der Waals surface area (Å²) in [4.78, 5) is 25.3. The van der Waals surface area contributed by atoms with Gasteiger partial charge in [-0.2, -0.15) is 0 Å². The maximum Gasteiger partial charge on any atom is 0.416 e. The van der Waals surface area contributed by atoms with Crippen LogP contribution in [0.4, 0.5) is 22.1 Å². The first-order chi connectivity index (χ1) is 15.2. The predicted octanol–water partition coefficient (Wildman–Crippen LogP) is 3.31. The lowest BCUT2D eigenvalue weighted by atomic mass is 9.78. The van der Waals surface area contributed by atoms with E-state index in [-0.39, 0.29) is 11.7 Å². The lowest BCUT2D eigenvalue weighted by Crippen LogP contribution is -2.39. The maximum absolute atomic E-state index is 12.4. The van der Waals surface area contributed by atoms with Gasteiger partial charge in [-0.05, 0) is 55.9 Å². The topological polar surface area (TPSA) is 79.8 Å². The Bertz CT molecular complexity index is 878. The first-order valence-corrected chi connectivity index (χ1v) is 11.1. The number of nitrogens with zero attached hydrogens (tertiary/aromatic N) is 4. The normalized spacial score (nSPS) is 26.2. The zero-order chi connectivity index (χ0) is 21.1. The van der Waals surface area contributed by atoms with E-state index in [0.29, 0.717) is 18.3 Å². The summed E-state index contributed by atoms with van der Waals surface area (Å²) in [6, 6.07) is 9.78. The van der Waals surface area contributed by atoms with Crippen molar-refractivity contribution >= 4 is 23.4 Å². The second kappa shape index (κ2) is 8.70. The Balaban J connectivity index is 1.11. The summed E-state index contributed by atoms with van der Waals surface area (Å²) in [7, 11) is 0. The molecule has 0 unspecified atom stereocenters. The number of hydrogen-bond donors (Lipinski definition) is 1. The van der Waals surface area contributed by atoms with Gasteiger partial charge in [0.2, 0.25) is 0 Å². The monoisotopic (exact) mass is 423 g/mol. The third-order valence-corrected chi connectivity index (χ3v) is 6.61. The largest absolute Gasteiger partial charge is 0.441 e. The number of nitrogens with one attached hydrogen (secondary N) is 1. The Kier molecular flexibility index (Phi) is 5.63. The first kappa shape index (κ1) is 20.1. The minimum absolute atomic E-state index is 0.278. The summed E-state index contributed by atoms with van der Waals surface area (Å²) in [5.74, 6) is 2.12. The van der Waals surface area contributed by atoms with Crippen molar-refractivity contribution in [3.8, 4) is 0 Å². The molecule has 0 aromatic carbocycles. The molecule has 3 aliphatic rings. The zero-order valence-corrected chi connectivity index (χ0v) is 17.7. The van der Waals surface area contributed by atoms with E-state index in [1.54, 1.807) is 11.1 Å². The summed E-state index contributed by atoms with van der Waals surface area (Å²) in [6.45, 7) is 4.86. The molecule has 2 aromatic rings. The number of anilines is 3. The van der Waals surface area contributed by atoms with E-state index in [0.717, 1.165) is 70.0 Å². The molecule has 3 fully saturated rings. The third-order valence-electron chi connectivity index (χ3n) is 6.61. The fourth-order valence-corrected chi connectivity index (χ4v) is 4.73. The fourth-order valence-electron chi connectivity index (χ4n) is 4.73. The Morgan fingerprint density at radius 3 is 2.65 bits per heavy atom. The molecular formula is C23H29N5O3. The summed E-state index contributed by atoms with van der Waals surface area (Å²) in [5, 5.41) is 3.48. The highest BCUT2D eigenvalue weighted by atomic mass is 16.6. The van der Waals surface area contributed by atoms with E-state index in [4.69, 9.17) is 9.47 Å². The third kappa shape index (κ3) is 4.44. The van der Waals surface area contributed by atoms with Gasteiger partial charge in [-0.3, -0.25) is 4.90 Å². The number of aromatic nitrogens is 2. The Morgan fingerprint density at radius 1 is 1.10 bits per heavy atom. The molecule has 1 N–H and O–H groups in total. The van der Waals surface area contributed by atoms with Crippen LogP contribution in [0, 0.1) is 5.92 Å². The molecule has 1 spiro atoms. The SMILES string of the molecule is O=C1OC2(CCC(CNc3ccc(N4CCOCC4)cn3)CC2)CN1c1ccccn1. The van der Waals surface area contributed by atoms with E-state index in [2.05, 4.69) is 32.3 Å². The molecule has 8 nitrogen and oxygen atoms in total. The number of carbonyl (C=O) groups excluding carboxylic acids is 1. The number of morpholine rings is 1. The molecule has 5 rings (SSSR count). The number of ether oxygens (including phenoxy) is 2. The second-order valence-electron chi connectivity index (χ2n) is 8.65. The quantitative estimate of drug-likeness (QED) is 0.790. The van der Waals surface area contributed by atoms with Crippen molar-refractivity contribution in [2.24, 2.45) is 5.92 Å². The van der Waals surface area contributed by atoms with E-state index < -0.39 is 0 Å². The molecular weight excluding hydrogens is 394 g/mol. The molecule has 2 aliphatic heterocycles. The van der Waals surface area contributed by atoms with Crippen LogP contribution in [0.5, 0.6) is 0 Å². The van der Waals surface area contributed by atoms with Crippen molar-refractivity contribution in [2.75, 3.05) is 54.5 Å². The van der Waals surface area contributed by atoms with Crippen LogP contribution < -0.4 is 15.1 Å². The van der Waals surface area contributed by atoms with E-state index in [1.807, 2.05) is 24.4 Å². The van der Waals surface area contributed by atoms with Gasteiger partial charge in [0.05, 0.1) is 31.6 Å². The molecule has 1 amide bonds. The molecule has 0 bridgehead atoms. The van der Waals surface area contributed by atoms with Gasteiger partial charge in [-0.1, -0.05) is 6.07 Å². The minimum atomic E-state index is -0.372. The molecule has 8 heteroatoms. The fraction of sp³-hybridized carbons (Fsp3) is 0.522. The smallest absolute Gasteiger partial charge is 0.416 e. The highest BCUT2D eigenvalue weighted by Gasteiger charge is 2.47. The van der Waals surface area contributed by atoms with Crippen LogP contribution in [0.2, 0.25) is 0 Å². The van der Waals surface area contributed by atoms with Crippen LogP contribution in [0.15, 0.2) is 42.7 Å². The summed E-state index contributed by atoms with van der Waals surface area (Å²) >= 11 is 0. The number of pyridine rings is 2. The van der Waals surface area contributed by atoms with Crippen LogP contribution in [-0.2, 0) is 9.47 Å². The zero-order valence-electron chi connectivity index (χ0n) is 17.7. The molecule has 1 saturated carbocycles. The van der Waals surface area contributed by atoms with Crippen molar-refractivity contribution in [1.29, 1.82) is 0 Å². The number of carbonyl (C=O) groups is 1. The Labute approximate surface area is 182 Å². The van der Waals surface area contributed by atoms with E-state index in [9.17, 15) is 4.79 Å². The Hall–Kier alpha value is -2.87. The van der Waals surface area contributed by atoms with Crippen molar-refractivity contribution in [2.45, 2.75) is 31.3 Å². The van der Waals surface area contributed by atoms with Gasteiger partial charge >= 0.3 is 6.09 Å². The van der Waals surface area contributed by atoms with Crippen LogP contribution in [0.25, 0.3) is 0 Å². The second-order valence-corrected chi connectivity index (χ2v) is 8.65. The first-order valence-electron chi connectivity index (χ1n) is 11.1. The van der Waals surface area contributed by atoms with Crippen LogP contribution in [0.1, 0.15) is 25.7 Å². The molecule has 2 aromatic heterocycles. The maximum atomic E-state index is 12.4.